The average Bonchev–Trinajstić information content (AvgIpc) is 2.61. The van der Waals surface area contributed by atoms with Gasteiger partial charge in [-0.1, -0.05) is 54.6 Å². The summed E-state index contributed by atoms with van der Waals surface area (Å²) in [6.07, 6.45) is 0. The molecule has 0 fully saturated rings. The number of carbonyl (C=O) groups is 1. The fourth-order valence-electron chi connectivity index (χ4n) is 2.28. The van der Waals surface area contributed by atoms with Gasteiger partial charge < -0.3 is 9.84 Å². The molecule has 114 valence electrons. The van der Waals surface area contributed by atoms with E-state index in [9.17, 15) is 4.79 Å². The predicted octanol–water partition coefficient (Wildman–Crippen LogP) is 4.63. The Kier molecular flexibility index (Phi) is 4.39. The third-order valence-electron chi connectivity index (χ3n) is 3.57. The van der Waals surface area contributed by atoms with E-state index >= 15 is 0 Å². The highest BCUT2D eigenvalue weighted by Crippen LogP contribution is 2.22. The lowest BCUT2D eigenvalue weighted by atomic mass is 10.1. The molecule has 0 heterocycles. The second-order valence-corrected chi connectivity index (χ2v) is 5.18. The van der Waals surface area contributed by atoms with Crippen LogP contribution < -0.4 is 4.74 Å². The number of hydrogen-bond donors (Lipinski definition) is 1. The second kappa shape index (κ2) is 6.79. The van der Waals surface area contributed by atoms with E-state index in [1.165, 1.54) is 5.56 Å². The van der Waals surface area contributed by atoms with Gasteiger partial charge in [0.15, 0.2) is 0 Å². The molecule has 0 aliphatic rings. The zero-order valence-electron chi connectivity index (χ0n) is 12.5. The van der Waals surface area contributed by atoms with Crippen molar-refractivity contribution < 1.29 is 14.6 Å². The van der Waals surface area contributed by atoms with Crippen LogP contribution in [0, 0.1) is 0 Å². The summed E-state index contributed by atoms with van der Waals surface area (Å²) < 4.78 is 5.74. The number of rotatable bonds is 5. The molecule has 0 bridgehead atoms. The molecule has 3 rings (SSSR count). The quantitative estimate of drug-likeness (QED) is 0.747. The lowest BCUT2D eigenvalue weighted by molar-refractivity contribution is 0.0697. The molecule has 0 aliphatic heterocycles. The Hall–Kier alpha value is -3.07. The van der Waals surface area contributed by atoms with Crippen LogP contribution in [0.4, 0.5) is 0 Å². The van der Waals surface area contributed by atoms with Crippen LogP contribution in [0.25, 0.3) is 11.1 Å². The fourth-order valence-corrected chi connectivity index (χ4v) is 2.28. The largest absolute Gasteiger partial charge is 0.489 e. The molecule has 0 saturated heterocycles. The molecule has 3 aromatic carbocycles. The number of hydrogen-bond acceptors (Lipinski definition) is 2. The van der Waals surface area contributed by atoms with Crippen molar-refractivity contribution in [3.05, 3.63) is 90.0 Å². The molecular formula is C20H16O3. The number of carboxylic acid groups (broad SMARTS) is 1. The molecular weight excluding hydrogens is 288 g/mol. The van der Waals surface area contributed by atoms with Crippen molar-refractivity contribution in [3.63, 3.8) is 0 Å². The van der Waals surface area contributed by atoms with Crippen molar-refractivity contribution in [1.29, 1.82) is 0 Å². The van der Waals surface area contributed by atoms with E-state index < -0.39 is 5.97 Å². The smallest absolute Gasteiger partial charge is 0.335 e. The first kappa shape index (κ1) is 14.9. The maximum atomic E-state index is 10.8. The lowest BCUT2D eigenvalue weighted by Crippen LogP contribution is -1.98. The van der Waals surface area contributed by atoms with Gasteiger partial charge in [-0.15, -0.1) is 0 Å². The highest BCUT2D eigenvalue weighted by molar-refractivity contribution is 5.87. The third kappa shape index (κ3) is 3.77. The van der Waals surface area contributed by atoms with E-state index in [1.54, 1.807) is 24.3 Å². The van der Waals surface area contributed by atoms with Crippen molar-refractivity contribution in [2.45, 2.75) is 6.61 Å². The molecule has 0 aliphatic carbocycles. The molecule has 0 saturated carbocycles. The van der Waals surface area contributed by atoms with Crippen molar-refractivity contribution in [3.8, 4) is 16.9 Å². The first-order valence-corrected chi connectivity index (χ1v) is 7.33. The topological polar surface area (TPSA) is 46.5 Å². The Labute approximate surface area is 134 Å². The molecule has 23 heavy (non-hydrogen) atoms. The van der Waals surface area contributed by atoms with Gasteiger partial charge in [-0.25, -0.2) is 4.79 Å². The zero-order valence-corrected chi connectivity index (χ0v) is 12.5. The molecule has 0 amide bonds. The lowest BCUT2D eigenvalue weighted by Gasteiger charge is -2.08. The Morgan fingerprint density at radius 1 is 0.783 bits per heavy atom. The maximum absolute atomic E-state index is 10.8. The second-order valence-electron chi connectivity index (χ2n) is 5.18. The van der Waals surface area contributed by atoms with Crippen molar-refractivity contribution >= 4 is 5.97 Å². The van der Waals surface area contributed by atoms with Gasteiger partial charge in [-0.2, -0.15) is 0 Å². The van der Waals surface area contributed by atoms with Gasteiger partial charge in [0.25, 0.3) is 0 Å². The SMILES string of the molecule is O=C(O)c1ccc(COc2ccc(-c3ccccc3)cc2)cc1. The Balaban J connectivity index is 1.63. The first-order valence-electron chi connectivity index (χ1n) is 7.33. The van der Waals surface area contributed by atoms with E-state index in [1.807, 2.05) is 42.5 Å². The normalized spacial score (nSPS) is 10.3. The van der Waals surface area contributed by atoms with Gasteiger partial charge in [-0.05, 0) is 41.0 Å². The summed E-state index contributed by atoms with van der Waals surface area (Å²) in [5.41, 5.74) is 3.52. The zero-order chi connectivity index (χ0) is 16.1. The van der Waals surface area contributed by atoms with E-state index in [4.69, 9.17) is 9.84 Å². The van der Waals surface area contributed by atoms with E-state index in [-0.39, 0.29) is 5.56 Å². The van der Waals surface area contributed by atoms with Crippen LogP contribution in [-0.2, 0) is 6.61 Å². The van der Waals surface area contributed by atoms with Crippen molar-refractivity contribution in [2.75, 3.05) is 0 Å². The third-order valence-corrected chi connectivity index (χ3v) is 3.57. The van der Waals surface area contributed by atoms with Crippen molar-refractivity contribution in [1.82, 2.24) is 0 Å². The van der Waals surface area contributed by atoms with Crippen LogP contribution in [0.3, 0.4) is 0 Å². The monoisotopic (exact) mass is 304 g/mol. The highest BCUT2D eigenvalue weighted by atomic mass is 16.5. The molecule has 1 N–H and O–H groups in total. The maximum Gasteiger partial charge on any atom is 0.335 e. The van der Waals surface area contributed by atoms with Crippen LogP contribution in [0.15, 0.2) is 78.9 Å². The van der Waals surface area contributed by atoms with Gasteiger partial charge in [0.1, 0.15) is 12.4 Å². The molecule has 3 aromatic rings. The molecule has 3 heteroatoms. The number of ether oxygens (including phenoxy) is 1. The Morgan fingerprint density at radius 3 is 2.00 bits per heavy atom. The minimum absolute atomic E-state index is 0.279. The van der Waals surface area contributed by atoms with E-state index in [0.717, 1.165) is 16.9 Å². The summed E-state index contributed by atoms with van der Waals surface area (Å²) in [4.78, 5) is 10.8. The molecule has 0 aromatic heterocycles. The van der Waals surface area contributed by atoms with Gasteiger partial charge in [-0.3, -0.25) is 0 Å². The minimum Gasteiger partial charge on any atom is -0.489 e. The van der Waals surface area contributed by atoms with E-state index in [2.05, 4.69) is 12.1 Å². The van der Waals surface area contributed by atoms with E-state index in [0.29, 0.717) is 6.61 Å². The van der Waals surface area contributed by atoms with Gasteiger partial charge in [0.05, 0.1) is 5.56 Å². The summed E-state index contributed by atoms with van der Waals surface area (Å²) >= 11 is 0. The van der Waals surface area contributed by atoms with Crippen LogP contribution in [0.2, 0.25) is 0 Å². The molecule has 3 nitrogen and oxygen atoms in total. The Morgan fingerprint density at radius 2 is 1.39 bits per heavy atom. The molecule has 0 radical (unpaired) electrons. The average molecular weight is 304 g/mol. The summed E-state index contributed by atoms with van der Waals surface area (Å²) in [7, 11) is 0. The van der Waals surface area contributed by atoms with Crippen LogP contribution >= 0.6 is 0 Å². The van der Waals surface area contributed by atoms with Crippen LogP contribution in [0.5, 0.6) is 5.75 Å². The first-order chi connectivity index (χ1) is 11.2. The fraction of sp³-hybridized carbons (Fsp3) is 0.0500. The van der Waals surface area contributed by atoms with Gasteiger partial charge in [0, 0.05) is 0 Å². The summed E-state index contributed by atoms with van der Waals surface area (Å²) in [6, 6.07) is 24.8. The Bertz CT molecular complexity index is 775. The number of aromatic carboxylic acids is 1. The van der Waals surface area contributed by atoms with Crippen LogP contribution in [0.1, 0.15) is 15.9 Å². The number of benzene rings is 3. The molecule has 0 unspecified atom stereocenters. The summed E-state index contributed by atoms with van der Waals surface area (Å²) in [5.74, 6) is -0.138. The van der Waals surface area contributed by atoms with Gasteiger partial charge in [0.2, 0.25) is 0 Å². The molecule has 0 atom stereocenters. The summed E-state index contributed by atoms with van der Waals surface area (Å²) in [6.45, 7) is 0.407. The van der Waals surface area contributed by atoms with Gasteiger partial charge >= 0.3 is 5.97 Å². The van der Waals surface area contributed by atoms with Crippen molar-refractivity contribution in [2.24, 2.45) is 0 Å². The standard InChI is InChI=1S/C20H16O3/c21-20(22)18-8-6-15(7-9-18)14-23-19-12-10-17(11-13-19)16-4-2-1-3-5-16/h1-13H,14H2,(H,21,22). The minimum atomic E-state index is -0.922. The number of carboxylic acids is 1. The van der Waals surface area contributed by atoms with Crippen LogP contribution in [-0.4, -0.2) is 11.1 Å². The molecule has 0 spiro atoms. The predicted molar refractivity (Wildman–Crippen MR) is 89.6 cm³/mol. The highest BCUT2D eigenvalue weighted by Gasteiger charge is 2.03. The summed E-state index contributed by atoms with van der Waals surface area (Å²) in [5, 5.41) is 8.87.